The maximum atomic E-state index is 5.69. The van der Waals surface area contributed by atoms with Crippen molar-refractivity contribution >= 4 is 0 Å². The molecule has 0 saturated carbocycles. The zero-order valence-electron chi connectivity index (χ0n) is 13.5. The normalized spacial score (nSPS) is 12.2. The van der Waals surface area contributed by atoms with Gasteiger partial charge in [0.15, 0.2) is 0 Å². The fraction of sp³-hybridized carbons (Fsp3) is 0.647. The molecule has 0 aliphatic heterocycles. The van der Waals surface area contributed by atoms with Gasteiger partial charge in [-0.1, -0.05) is 12.1 Å². The second kappa shape index (κ2) is 6.53. The average molecular weight is 262 g/mol. The summed E-state index contributed by atoms with van der Waals surface area (Å²) in [6, 6.07) is 4.52. The molecule has 0 aliphatic carbocycles. The van der Waals surface area contributed by atoms with E-state index < -0.39 is 0 Å². The molecule has 1 aromatic rings. The Bertz CT molecular complexity index is 422. The highest BCUT2D eigenvalue weighted by Crippen LogP contribution is 2.20. The summed E-state index contributed by atoms with van der Waals surface area (Å²) in [4.78, 5) is 2.43. The lowest BCUT2D eigenvalue weighted by Crippen LogP contribution is -2.43. The van der Waals surface area contributed by atoms with Gasteiger partial charge in [0.2, 0.25) is 0 Å². The monoisotopic (exact) mass is 262 g/mol. The highest BCUT2D eigenvalue weighted by molar-refractivity contribution is 5.38. The molecular formula is C17H30N2. The number of nitrogens with zero attached hydrogens (tertiary/aromatic N) is 1. The summed E-state index contributed by atoms with van der Waals surface area (Å²) >= 11 is 0. The van der Waals surface area contributed by atoms with Gasteiger partial charge in [0, 0.05) is 12.1 Å². The highest BCUT2D eigenvalue weighted by atomic mass is 15.2. The van der Waals surface area contributed by atoms with E-state index in [-0.39, 0.29) is 5.54 Å². The summed E-state index contributed by atoms with van der Waals surface area (Å²) in [5, 5.41) is 0. The van der Waals surface area contributed by atoms with E-state index in [0.29, 0.717) is 0 Å². The van der Waals surface area contributed by atoms with Crippen LogP contribution in [0.2, 0.25) is 0 Å². The predicted molar refractivity (Wildman–Crippen MR) is 84.7 cm³/mol. The van der Waals surface area contributed by atoms with Crippen molar-refractivity contribution in [3.63, 3.8) is 0 Å². The lowest BCUT2D eigenvalue weighted by atomic mass is 9.95. The molecule has 0 radical (unpaired) electrons. The van der Waals surface area contributed by atoms with Crippen molar-refractivity contribution in [2.24, 2.45) is 5.73 Å². The van der Waals surface area contributed by atoms with Crippen molar-refractivity contribution in [1.82, 2.24) is 4.90 Å². The topological polar surface area (TPSA) is 29.3 Å². The van der Waals surface area contributed by atoms with E-state index in [0.717, 1.165) is 25.9 Å². The molecule has 0 amide bonds. The molecule has 0 spiro atoms. The van der Waals surface area contributed by atoms with Crippen molar-refractivity contribution < 1.29 is 0 Å². The van der Waals surface area contributed by atoms with Gasteiger partial charge in [0.1, 0.15) is 0 Å². The van der Waals surface area contributed by atoms with E-state index in [1.54, 1.807) is 0 Å². The van der Waals surface area contributed by atoms with Crippen LogP contribution in [0, 0.1) is 20.8 Å². The fourth-order valence-electron chi connectivity index (χ4n) is 2.42. The van der Waals surface area contributed by atoms with Gasteiger partial charge < -0.3 is 10.6 Å². The number of rotatable bonds is 6. The van der Waals surface area contributed by atoms with Gasteiger partial charge in [0.25, 0.3) is 0 Å². The van der Waals surface area contributed by atoms with Crippen LogP contribution in [0.1, 0.15) is 42.5 Å². The standard InChI is InChI=1S/C17H30N2/c1-13-7-8-16(15(3)14(13)2)9-12-19(6)17(4,5)10-11-18/h7-8H,9-12,18H2,1-6H3. The highest BCUT2D eigenvalue weighted by Gasteiger charge is 2.22. The second-order valence-electron chi connectivity index (χ2n) is 6.31. The van der Waals surface area contributed by atoms with Crippen molar-refractivity contribution in [2.45, 2.75) is 53.0 Å². The Balaban J connectivity index is 2.70. The van der Waals surface area contributed by atoms with Crippen molar-refractivity contribution in [1.29, 1.82) is 0 Å². The van der Waals surface area contributed by atoms with Crippen LogP contribution in [-0.4, -0.2) is 30.6 Å². The molecule has 1 rings (SSSR count). The number of hydrogen-bond acceptors (Lipinski definition) is 2. The zero-order valence-corrected chi connectivity index (χ0v) is 13.5. The molecule has 0 heterocycles. The van der Waals surface area contributed by atoms with E-state index in [1.807, 2.05) is 0 Å². The Morgan fingerprint density at radius 3 is 2.32 bits per heavy atom. The van der Waals surface area contributed by atoms with Gasteiger partial charge in [-0.25, -0.2) is 0 Å². The predicted octanol–water partition coefficient (Wildman–Crippen LogP) is 3.21. The van der Waals surface area contributed by atoms with Crippen LogP contribution in [0.5, 0.6) is 0 Å². The lowest BCUT2D eigenvalue weighted by molar-refractivity contribution is 0.150. The zero-order chi connectivity index (χ0) is 14.6. The third-order valence-electron chi connectivity index (χ3n) is 4.68. The maximum Gasteiger partial charge on any atom is 0.0162 e. The van der Waals surface area contributed by atoms with Crippen LogP contribution < -0.4 is 5.73 Å². The number of aryl methyl sites for hydroxylation is 1. The number of nitrogens with two attached hydrogens (primary N) is 1. The second-order valence-corrected chi connectivity index (χ2v) is 6.31. The van der Waals surface area contributed by atoms with Gasteiger partial charge in [-0.3, -0.25) is 0 Å². The third kappa shape index (κ3) is 4.05. The Kier molecular flexibility index (Phi) is 5.57. The average Bonchev–Trinajstić information content (AvgIpc) is 2.34. The minimum Gasteiger partial charge on any atom is -0.330 e. The van der Waals surface area contributed by atoms with Gasteiger partial charge in [-0.05, 0) is 83.3 Å². The smallest absolute Gasteiger partial charge is 0.0162 e. The van der Waals surface area contributed by atoms with Crippen molar-refractivity contribution in [2.75, 3.05) is 20.1 Å². The summed E-state index contributed by atoms with van der Waals surface area (Å²) in [6.07, 6.45) is 2.15. The van der Waals surface area contributed by atoms with Gasteiger partial charge >= 0.3 is 0 Å². The quantitative estimate of drug-likeness (QED) is 0.853. The molecule has 108 valence electrons. The molecule has 0 saturated heterocycles. The number of likely N-dealkylation sites (N-methyl/N-ethyl adjacent to an activating group) is 1. The van der Waals surface area contributed by atoms with Crippen molar-refractivity contribution in [3.8, 4) is 0 Å². The van der Waals surface area contributed by atoms with Gasteiger partial charge in [0.05, 0.1) is 0 Å². The van der Waals surface area contributed by atoms with Crippen LogP contribution in [0.4, 0.5) is 0 Å². The van der Waals surface area contributed by atoms with Gasteiger partial charge in [-0.2, -0.15) is 0 Å². The maximum absolute atomic E-state index is 5.69. The number of hydrogen-bond donors (Lipinski definition) is 1. The molecule has 2 N–H and O–H groups in total. The SMILES string of the molecule is Cc1ccc(CCN(C)C(C)(C)CCN)c(C)c1C. The first-order valence-electron chi connectivity index (χ1n) is 7.26. The van der Waals surface area contributed by atoms with Gasteiger partial charge in [-0.15, -0.1) is 0 Å². The van der Waals surface area contributed by atoms with E-state index in [1.165, 1.54) is 22.3 Å². The summed E-state index contributed by atoms with van der Waals surface area (Å²) in [6.45, 7) is 13.0. The molecule has 2 nitrogen and oxygen atoms in total. The molecule has 2 heteroatoms. The molecular weight excluding hydrogens is 232 g/mol. The molecule has 1 aromatic carbocycles. The fourth-order valence-corrected chi connectivity index (χ4v) is 2.42. The van der Waals surface area contributed by atoms with E-state index >= 15 is 0 Å². The first-order valence-corrected chi connectivity index (χ1v) is 7.26. The van der Waals surface area contributed by atoms with Crippen LogP contribution in [0.3, 0.4) is 0 Å². The minimum atomic E-state index is 0.183. The first kappa shape index (κ1) is 16.2. The van der Waals surface area contributed by atoms with Crippen molar-refractivity contribution in [3.05, 3.63) is 34.4 Å². The largest absolute Gasteiger partial charge is 0.330 e. The Hall–Kier alpha value is -0.860. The molecule has 0 aromatic heterocycles. The molecule has 0 bridgehead atoms. The van der Waals surface area contributed by atoms with Crippen LogP contribution in [0.25, 0.3) is 0 Å². The van der Waals surface area contributed by atoms with E-state index in [2.05, 4.69) is 58.7 Å². The molecule has 0 atom stereocenters. The van der Waals surface area contributed by atoms with Crippen LogP contribution in [-0.2, 0) is 6.42 Å². The molecule has 0 fully saturated rings. The summed E-state index contributed by atoms with van der Waals surface area (Å²) < 4.78 is 0. The Morgan fingerprint density at radius 2 is 1.74 bits per heavy atom. The molecule has 19 heavy (non-hydrogen) atoms. The van der Waals surface area contributed by atoms with Crippen LogP contribution >= 0.6 is 0 Å². The summed E-state index contributed by atoms with van der Waals surface area (Å²) in [5.74, 6) is 0. The molecule has 0 unspecified atom stereocenters. The third-order valence-corrected chi connectivity index (χ3v) is 4.68. The molecule has 0 aliphatic rings. The first-order chi connectivity index (χ1) is 8.79. The number of benzene rings is 1. The minimum absolute atomic E-state index is 0.183. The Labute approximate surface area is 119 Å². The van der Waals surface area contributed by atoms with E-state index in [4.69, 9.17) is 5.73 Å². The summed E-state index contributed by atoms with van der Waals surface area (Å²) in [5.41, 5.74) is 11.6. The lowest BCUT2D eigenvalue weighted by Gasteiger charge is -2.35. The Morgan fingerprint density at radius 1 is 1.11 bits per heavy atom. The van der Waals surface area contributed by atoms with E-state index in [9.17, 15) is 0 Å². The summed E-state index contributed by atoms with van der Waals surface area (Å²) in [7, 11) is 2.20. The van der Waals surface area contributed by atoms with Crippen LogP contribution in [0.15, 0.2) is 12.1 Å².